The molecule has 4 rings (SSSR count). The van der Waals surface area contributed by atoms with Crippen LogP contribution in [-0.2, 0) is 9.53 Å². The van der Waals surface area contributed by atoms with E-state index in [1.807, 2.05) is 49.4 Å². The molecule has 0 spiro atoms. The highest BCUT2D eigenvalue weighted by molar-refractivity contribution is 5.94. The Morgan fingerprint density at radius 1 is 1.25 bits per heavy atom. The summed E-state index contributed by atoms with van der Waals surface area (Å²) in [6.07, 6.45) is 1.36. The highest BCUT2D eigenvalue weighted by Gasteiger charge is 2.23. The summed E-state index contributed by atoms with van der Waals surface area (Å²) in [7, 11) is 0. The van der Waals surface area contributed by atoms with Crippen molar-refractivity contribution < 1.29 is 13.9 Å². The summed E-state index contributed by atoms with van der Waals surface area (Å²) < 4.78 is 11.2. The van der Waals surface area contributed by atoms with Crippen molar-refractivity contribution in [2.45, 2.75) is 25.9 Å². The fraction of sp³-hybridized carbons (Fsp3) is 0.263. The lowest BCUT2D eigenvalue weighted by atomic mass is 10.2. The standard InChI is InChI=1S/C19H18N2O3/c1-12-7-8-16-15(10-12)21-19(24-16)13-4-2-5-14(11-13)20-18(22)17-6-3-9-23-17/h2,4-5,7-8,10-11,17H,3,6,9H2,1H3,(H,20,22)/t17-/m1/s1. The summed E-state index contributed by atoms with van der Waals surface area (Å²) in [5.74, 6) is 0.446. The molecule has 1 fully saturated rings. The maximum Gasteiger partial charge on any atom is 0.253 e. The van der Waals surface area contributed by atoms with E-state index in [0.29, 0.717) is 18.2 Å². The first-order valence-electron chi connectivity index (χ1n) is 8.09. The van der Waals surface area contributed by atoms with Gasteiger partial charge in [0, 0.05) is 17.9 Å². The second-order valence-corrected chi connectivity index (χ2v) is 6.06. The largest absolute Gasteiger partial charge is 0.436 e. The normalized spacial score (nSPS) is 17.3. The SMILES string of the molecule is Cc1ccc2oc(-c3cccc(NC(=O)[C@H]4CCCO4)c3)nc2c1. The minimum absolute atomic E-state index is 0.0992. The summed E-state index contributed by atoms with van der Waals surface area (Å²) in [6.45, 7) is 2.68. The number of oxazole rings is 1. The van der Waals surface area contributed by atoms with Crippen LogP contribution in [0.4, 0.5) is 5.69 Å². The predicted octanol–water partition coefficient (Wildman–Crippen LogP) is 3.92. The number of ether oxygens (including phenoxy) is 1. The summed E-state index contributed by atoms with van der Waals surface area (Å²) >= 11 is 0. The quantitative estimate of drug-likeness (QED) is 0.794. The van der Waals surface area contributed by atoms with E-state index in [9.17, 15) is 4.79 Å². The van der Waals surface area contributed by atoms with Gasteiger partial charge in [0.15, 0.2) is 5.58 Å². The highest BCUT2D eigenvalue weighted by Crippen LogP contribution is 2.27. The molecule has 3 aromatic rings. The zero-order chi connectivity index (χ0) is 16.5. The van der Waals surface area contributed by atoms with Crippen LogP contribution in [0.15, 0.2) is 46.9 Å². The first kappa shape index (κ1) is 14.9. The predicted molar refractivity (Wildman–Crippen MR) is 91.8 cm³/mol. The number of nitrogens with one attached hydrogen (secondary N) is 1. The topological polar surface area (TPSA) is 64.4 Å². The van der Waals surface area contributed by atoms with Gasteiger partial charge in [0.05, 0.1) is 0 Å². The number of aromatic nitrogens is 1. The van der Waals surface area contributed by atoms with E-state index in [1.54, 1.807) is 0 Å². The zero-order valence-corrected chi connectivity index (χ0v) is 13.4. The van der Waals surface area contributed by atoms with E-state index >= 15 is 0 Å². The molecule has 0 bridgehead atoms. The third-order valence-electron chi connectivity index (χ3n) is 4.14. The van der Waals surface area contributed by atoms with Gasteiger partial charge in [-0.2, -0.15) is 0 Å². The lowest BCUT2D eigenvalue weighted by molar-refractivity contribution is -0.124. The van der Waals surface area contributed by atoms with Crippen molar-refractivity contribution >= 4 is 22.7 Å². The fourth-order valence-electron chi connectivity index (χ4n) is 2.90. The van der Waals surface area contributed by atoms with Gasteiger partial charge in [0.1, 0.15) is 11.6 Å². The van der Waals surface area contributed by atoms with E-state index in [-0.39, 0.29) is 12.0 Å². The number of anilines is 1. The van der Waals surface area contributed by atoms with Crippen molar-refractivity contribution in [3.05, 3.63) is 48.0 Å². The van der Waals surface area contributed by atoms with Crippen LogP contribution in [0.25, 0.3) is 22.6 Å². The van der Waals surface area contributed by atoms with Gasteiger partial charge in [0.2, 0.25) is 5.89 Å². The molecule has 0 aliphatic carbocycles. The molecule has 1 aliphatic heterocycles. The van der Waals surface area contributed by atoms with Crippen LogP contribution < -0.4 is 5.32 Å². The number of aryl methyl sites for hydroxylation is 1. The number of amides is 1. The Hall–Kier alpha value is -2.66. The fourth-order valence-corrected chi connectivity index (χ4v) is 2.90. The minimum Gasteiger partial charge on any atom is -0.436 e. The van der Waals surface area contributed by atoms with Crippen LogP contribution in [0.1, 0.15) is 18.4 Å². The molecule has 1 N–H and O–H groups in total. The van der Waals surface area contributed by atoms with Gasteiger partial charge >= 0.3 is 0 Å². The molecular formula is C19H18N2O3. The van der Waals surface area contributed by atoms with Crippen molar-refractivity contribution in [2.24, 2.45) is 0 Å². The number of carbonyl (C=O) groups is 1. The molecule has 1 atom stereocenters. The Morgan fingerprint density at radius 2 is 2.17 bits per heavy atom. The number of carbonyl (C=O) groups excluding carboxylic acids is 1. The molecule has 24 heavy (non-hydrogen) atoms. The van der Waals surface area contributed by atoms with Crippen LogP contribution in [0, 0.1) is 6.92 Å². The number of fused-ring (bicyclic) bond motifs is 1. The van der Waals surface area contributed by atoms with Gasteiger partial charge in [0.25, 0.3) is 5.91 Å². The molecule has 2 heterocycles. The van der Waals surface area contributed by atoms with E-state index in [4.69, 9.17) is 9.15 Å². The van der Waals surface area contributed by atoms with Crippen LogP contribution in [0.3, 0.4) is 0 Å². The molecule has 5 heteroatoms. The van der Waals surface area contributed by atoms with Crippen LogP contribution in [0.5, 0.6) is 0 Å². The molecule has 1 saturated heterocycles. The molecule has 1 aliphatic rings. The lowest BCUT2D eigenvalue weighted by Crippen LogP contribution is -2.26. The van der Waals surface area contributed by atoms with Crippen molar-refractivity contribution in [1.82, 2.24) is 4.98 Å². The molecule has 1 aromatic heterocycles. The number of benzene rings is 2. The van der Waals surface area contributed by atoms with Gasteiger partial charge in [-0.25, -0.2) is 4.98 Å². The molecule has 1 amide bonds. The lowest BCUT2D eigenvalue weighted by Gasteiger charge is -2.10. The second-order valence-electron chi connectivity index (χ2n) is 6.06. The minimum atomic E-state index is -0.346. The number of rotatable bonds is 3. The van der Waals surface area contributed by atoms with E-state index in [1.165, 1.54) is 0 Å². The Balaban J connectivity index is 1.60. The number of hydrogen-bond acceptors (Lipinski definition) is 4. The Kier molecular flexibility index (Phi) is 3.78. The van der Waals surface area contributed by atoms with Gasteiger partial charge < -0.3 is 14.5 Å². The average molecular weight is 322 g/mol. The highest BCUT2D eigenvalue weighted by atomic mass is 16.5. The molecule has 5 nitrogen and oxygen atoms in total. The van der Waals surface area contributed by atoms with Crippen molar-refractivity contribution in [3.8, 4) is 11.5 Å². The Labute approximate surface area is 139 Å². The first-order chi connectivity index (χ1) is 11.7. The summed E-state index contributed by atoms with van der Waals surface area (Å²) in [4.78, 5) is 16.7. The molecule has 0 saturated carbocycles. The molecular weight excluding hydrogens is 304 g/mol. The summed E-state index contributed by atoms with van der Waals surface area (Å²) in [5.41, 5.74) is 4.27. The van der Waals surface area contributed by atoms with Crippen molar-refractivity contribution in [3.63, 3.8) is 0 Å². The Bertz CT molecular complexity index is 895. The van der Waals surface area contributed by atoms with E-state index in [2.05, 4.69) is 10.3 Å². The molecule has 0 unspecified atom stereocenters. The maximum atomic E-state index is 12.2. The van der Waals surface area contributed by atoms with E-state index < -0.39 is 0 Å². The van der Waals surface area contributed by atoms with Gasteiger partial charge in [-0.3, -0.25) is 4.79 Å². The van der Waals surface area contributed by atoms with Gasteiger partial charge in [-0.1, -0.05) is 12.1 Å². The second kappa shape index (κ2) is 6.09. The van der Waals surface area contributed by atoms with Crippen LogP contribution in [0.2, 0.25) is 0 Å². The molecule has 2 aromatic carbocycles. The smallest absolute Gasteiger partial charge is 0.253 e. The third-order valence-corrected chi connectivity index (χ3v) is 4.14. The monoisotopic (exact) mass is 322 g/mol. The molecule has 122 valence electrons. The summed E-state index contributed by atoms with van der Waals surface area (Å²) in [6, 6.07) is 13.4. The van der Waals surface area contributed by atoms with Crippen molar-refractivity contribution in [2.75, 3.05) is 11.9 Å². The van der Waals surface area contributed by atoms with Gasteiger partial charge in [-0.05, 0) is 55.7 Å². The average Bonchev–Trinajstić information content (AvgIpc) is 3.24. The van der Waals surface area contributed by atoms with Crippen LogP contribution in [-0.4, -0.2) is 23.6 Å². The zero-order valence-electron chi connectivity index (χ0n) is 13.4. The number of nitrogens with zero attached hydrogens (tertiary/aromatic N) is 1. The Morgan fingerprint density at radius 3 is 3.00 bits per heavy atom. The summed E-state index contributed by atoms with van der Waals surface area (Å²) in [5, 5.41) is 2.90. The first-order valence-corrected chi connectivity index (χ1v) is 8.09. The van der Waals surface area contributed by atoms with E-state index in [0.717, 1.165) is 35.1 Å². The van der Waals surface area contributed by atoms with Gasteiger partial charge in [-0.15, -0.1) is 0 Å². The number of hydrogen-bond donors (Lipinski definition) is 1. The maximum absolute atomic E-state index is 12.2. The van der Waals surface area contributed by atoms with Crippen molar-refractivity contribution in [1.29, 1.82) is 0 Å². The molecule has 0 radical (unpaired) electrons. The van der Waals surface area contributed by atoms with Crippen LogP contribution >= 0.6 is 0 Å². The third kappa shape index (κ3) is 2.90.